The Balaban J connectivity index is 2.86. The summed E-state index contributed by atoms with van der Waals surface area (Å²) in [5.41, 5.74) is -0.738. The van der Waals surface area contributed by atoms with E-state index in [0.29, 0.717) is 12.0 Å². The van der Waals surface area contributed by atoms with Crippen molar-refractivity contribution in [1.29, 1.82) is 0 Å². The van der Waals surface area contributed by atoms with Gasteiger partial charge in [-0.3, -0.25) is 0 Å². The summed E-state index contributed by atoms with van der Waals surface area (Å²) in [6.45, 7) is 4.78. The number of rotatable bonds is 3. The second kappa shape index (κ2) is 3.98. The van der Waals surface area contributed by atoms with Gasteiger partial charge in [-0.2, -0.15) is 0 Å². The van der Waals surface area contributed by atoms with Crippen LogP contribution in [0, 0.1) is 11.8 Å². The van der Waals surface area contributed by atoms with Crippen molar-refractivity contribution in [1.82, 2.24) is 0 Å². The molecule has 0 amide bonds. The summed E-state index contributed by atoms with van der Waals surface area (Å²) in [7, 11) is 0. The number of aliphatic hydroxyl groups is 4. The lowest BCUT2D eigenvalue weighted by Gasteiger charge is -2.29. The van der Waals surface area contributed by atoms with E-state index in [1.807, 2.05) is 0 Å². The molecule has 0 aromatic heterocycles. The molecule has 4 atom stereocenters. The molecule has 1 aliphatic rings. The maximum absolute atomic E-state index is 9.90. The molecule has 1 aliphatic carbocycles. The van der Waals surface area contributed by atoms with Gasteiger partial charge in [-0.15, -0.1) is 0 Å². The van der Waals surface area contributed by atoms with Crippen molar-refractivity contribution >= 4 is 0 Å². The minimum atomic E-state index is -1.29. The molecule has 82 valence electrons. The van der Waals surface area contributed by atoms with E-state index in [-0.39, 0.29) is 19.1 Å². The first kappa shape index (κ1) is 11.7. The molecule has 1 fully saturated rings. The van der Waals surface area contributed by atoms with E-state index < -0.39 is 17.6 Å². The van der Waals surface area contributed by atoms with Crippen molar-refractivity contribution in [3.8, 4) is 0 Å². The fourth-order valence-corrected chi connectivity index (χ4v) is 2.18. The quantitative estimate of drug-likeness (QED) is 0.455. The van der Waals surface area contributed by atoms with Crippen LogP contribution in [0.25, 0.3) is 0 Å². The first-order valence-corrected chi connectivity index (χ1v) is 4.75. The molecular formula is C10H18O4. The van der Waals surface area contributed by atoms with Crippen molar-refractivity contribution in [3.05, 3.63) is 12.2 Å². The molecule has 0 aromatic carbocycles. The van der Waals surface area contributed by atoms with Gasteiger partial charge in [0.25, 0.3) is 0 Å². The Morgan fingerprint density at radius 2 is 2.07 bits per heavy atom. The van der Waals surface area contributed by atoms with Crippen LogP contribution in [0.15, 0.2) is 12.2 Å². The second-order valence-corrected chi connectivity index (χ2v) is 4.19. The fraction of sp³-hybridized carbons (Fsp3) is 0.800. The Hall–Kier alpha value is -0.420. The summed E-state index contributed by atoms with van der Waals surface area (Å²) in [5.74, 6) is -0.660. The molecule has 0 saturated heterocycles. The van der Waals surface area contributed by atoms with Gasteiger partial charge in [-0.1, -0.05) is 6.58 Å². The monoisotopic (exact) mass is 202 g/mol. The number of hydrogen-bond acceptors (Lipinski definition) is 4. The lowest BCUT2D eigenvalue weighted by molar-refractivity contribution is -0.0795. The molecule has 4 N–H and O–H groups in total. The van der Waals surface area contributed by atoms with Crippen molar-refractivity contribution in [2.45, 2.75) is 25.0 Å². The van der Waals surface area contributed by atoms with Gasteiger partial charge in [0.15, 0.2) is 0 Å². The Bertz CT molecular complexity index is 224. The largest absolute Gasteiger partial charge is 0.396 e. The average Bonchev–Trinajstić information content (AvgIpc) is 2.37. The molecule has 1 rings (SSSR count). The number of aliphatic hydroxyl groups excluding tert-OH is 3. The Kier molecular flexibility index (Phi) is 3.32. The molecule has 4 nitrogen and oxygen atoms in total. The predicted octanol–water partition coefficient (Wildman–Crippen LogP) is -0.725. The van der Waals surface area contributed by atoms with Gasteiger partial charge in [-0.25, -0.2) is 0 Å². The van der Waals surface area contributed by atoms with E-state index in [1.54, 1.807) is 0 Å². The molecule has 0 radical (unpaired) electrons. The highest BCUT2D eigenvalue weighted by molar-refractivity contribution is 5.13. The standard InChI is InChI=1S/C10H18O4/c1-6(4-11)7-3-9(13)10(2,14)8(7)5-12/h7-9,11-14H,1,3-5H2,2H3/t7-,8+,9+,10+/m1/s1. The molecule has 0 spiro atoms. The summed E-state index contributed by atoms with van der Waals surface area (Å²) in [4.78, 5) is 0. The van der Waals surface area contributed by atoms with Gasteiger partial charge >= 0.3 is 0 Å². The zero-order chi connectivity index (χ0) is 10.9. The summed E-state index contributed by atoms with van der Waals surface area (Å²) in [6, 6.07) is 0. The fourth-order valence-electron chi connectivity index (χ4n) is 2.18. The second-order valence-electron chi connectivity index (χ2n) is 4.19. The van der Waals surface area contributed by atoms with Crippen molar-refractivity contribution in [2.75, 3.05) is 13.2 Å². The lowest BCUT2D eigenvalue weighted by Crippen LogP contribution is -2.42. The smallest absolute Gasteiger partial charge is 0.0933 e. The normalized spacial score (nSPS) is 42.8. The van der Waals surface area contributed by atoms with Gasteiger partial charge in [0.05, 0.1) is 18.3 Å². The van der Waals surface area contributed by atoms with Crippen LogP contribution in [-0.4, -0.2) is 45.3 Å². The van der Waals surface area contributed by atoms with Gasteiger partial charge in [0.1, 0.15) is 0 Å². The predicted molar refractivity (Wildman–Crippen MR) is 51.5 cm³/mol. The van der Waals surface area contributed by atoms with Crippen molar-refractivity contribution < 1.29 is 20.4 Å². The summed E-state index contributed by atoms with van der Waals surface area (Å²) in [6.07, 6.45) is -0.523. The molecule has 0 heterocycles. The van der Waals surface area contributed by atoms with E-state index in [2.05, 4.69) is 6.58 Å². The molecule has 0 bridgehead atoms. The third-order valence-corrected chi connectivity index (χ3v) is 3.31. The van der Waals surface area contributed by atoms with Crippen LogP contribution in [0.3, 0.4) is 0 Å². The highest BCUT2D eigenvalue weighted by Crippen LogP contribution is 2.43. The summed E-state index contributed by atoms with van der Waals surface area (Å²) in [5, 5.41) is 37.6. The minimum absolute atomic E-state index is 0.177. The highest BCUT2D eigenvalue weighted by Gasteiger charge is 2.50. The van der Waals surface area contributed by atoms with Crippen molar-refractivity contribution in [3.63, 3.8) is 0 Å². The molecule has 4 heteroatoms. The van der Waals surface area contributed by atoms with Crippen LogP contribution in [0.2, 0.25) is 0 Å². The third kappa shape index (κ3) is 1.70. The lowest BCUT2D eigenvalue weighted by atomic mass is 9.84. The number of hydrogen-bond donors (Lipinski definition) is 4. The van der Waals surface area contributed by atoms with Crippen molar-refractivity contribution in [2.24, 2.45) is 11.8 Å². The van der Waals surface area contributed by atoms with E-state index in [4.69, 9.17) is 10.2 Å². The molecular weight excluding hydrogens is 184 g/mol. The van der Waals surface area contributed by atoms with Crippen LogP contribution in [0.1, 0.15) is 13.3 Å². The van der Waals surface area contributed by atoms with Gasteiger partial charge in [0, 0.05) is 12.5 Å². The minimum Gasteiger partial charge on any atom is -0.396 e. The first-order chi connectivity index (χ1) is 6.45. The molecule has 14 heavy (non-hydrogen) atoms. The van der Waals surface area contributed by atoms with Crippen LogP contribution < -0.4 is 0 Å². The molecule has 0 aromatic rings. The summed E-state index contributed by atoms with van der Waals surface area (Å²) >= 11 is 0. The van der Waals surface area contributed by atoms with E-state index in [1.165, 1.54) is 6.92 Å². The first-order valence-electron chi connectivity index (χ1n) is 4.75. The SMILES string of the molecule is C=C(CO)[C@H]1C[C@H](O)[C@@](C)(O)[C@H]1CO. The van der Waals surface area contributed by atoms with Gasteiger partial charge < -0.3 is 20.4 Å². The Labute approximate surface area is 83.5 Å². The zero-order valence-corrected chi connectivity index (χ0v) is 8.35. The van der Waals surface area contributed by atoms with Crippen LogP contribution in [0.5, 0.6) is 0 Å². The maximum Gasteiger partial charge on any atom is 0.0933 e. The van der Waals surface area contributed by atoms with Gasteiger partial charge in [-0.05, 0) is 24.8 Å². The van der Waals surface area contributed by atoms with E-state index >= 15 is 0 Å². The Morgan fingerprint density at radius 3 is 2.50 bits per heavy atom. The van der Waals surface area contributed by atoms with Gasteiger partial charge in [0.2, 0.25) is 0 Å². The van der Waals surface area contributed by atoms with E-state index in [9.17, 15) is 10.2 Å². The van der Waals surface area contributed by atoms with Crippen LogP contribution in [0.4, 0.5) is 0 Å². The Morgan fingerprint density at radius 1 is 1.50 bits per heavy atom. The van der Waals surface area contributed by atoms with E-state index in [0.717, 1.165) is 0 Å². The topological polar surface area (TPSA) is 80.9 Å². The third-order valence-electron chi connectivity index (χ3n) is 3.31. The summed E-state index contributed by atoms with van der Waals surface area (Å²) < 4.78 is 0. The maximum atomic E-state index is 9.90. The molecule has 0 unspecified atom stereocenters. The van der Waals surface area contributed by atoms with Crippen LogP contribution >= 0.6 is 0 Å². The highest BCUT2D eigenvalue weighted by atomic mass is 16.3. The average molecular weight is 202 g/mol. The van der Waals surface area contributed by atoms with Crippen LogP contribution in [-0.2, 0) is 0 Å². The molecule has 0 aliphatic heterocycles. The zero-order valence-electron chi connectivity index (χ0n) is 8.35. The molecule has 1 saturated carbocycles.